The highest BCUT2D eigenvalue weighted by Gasteiger charge is 2.12. The molecule has 1 amide bonds. The normalized spacial score (nSPS) is 11.2. The summed E-state index contributed by atoms with van der Waals surface area (Å²) < 4.78 is 11.1. The molecule has 0 aliphatic heterocycles. The number of hydrogen-bond acceptors (Lipinski definition) is 4. The molecule has 3 aromatic carbocycles. The number of amides is 1. The first kappa shape index (κ1) is 21.0. The van der Waals surface area contributed by atoms with Gasteiger partial charge in [0.05, 0.1) is 7.11 Å². The molecule has 156 valence electrons. The van der Waals surface area contributed by atoms with E-state index < -0.39 is 0 Å². The molecule has 7 heteroatoms. The first-order valence-electron chi connectivity index (χ1n) is 9.42. The number of methoxy groups -OCH3 is 1. The standard InChI is InChI=1S/C24H18Cl2N2O3/c1-14-3-4-16(24-28-21-13-18(30-2)8-9-22(21)31-24)11-20(14)27-23(29)10-6-15-5-7-17(25)12-19(15)26/h3-13H,1-2H3,(H,27,29). The molecule has 0 bridgehead atoms. The molecule has 0 aliphatic rings. The number of rotatable bonds is 5. The minimum absolute atomic E-state index is 0.284. The fraction of sp³-hybridized carbons (Fsp3) is 0.0833. The third kappa shape index (κ3) is 4.74. The molecule has 0 aliphatic carbocycles. The molecule has 5 nitrogen and oxygen atoms in total. The van der Waals surface area contributed by atoms with Crippen LogP contribution in [0.25, 0.3) is 28.6 Å². The number of aromatic nitrogens is 1. The Kier molecular flexibility index (Phi) is 5.98. The third-order valence-corrected chi connectivity index (χ3v) is 5.28. The predicted octanol–water partition coefficient (Wildman–Crippen LogP) is 6.77. The van der Waals surface area contributed by atoms with Gasteiger partial charge in [-0.15, -0.1) is 0 Å². The summed E-state index contributed by atoms with van der Waals surface area (Å²) in [5.41, 5.74) is 4.38. The lowest BCUT2D eigenvalue weighted by atomic mass is 10.1. The van der Waals surface area contributed by atoms with E-state index in [1.54, 1.807) is 31.4 Å². The van der Waals surface area contributed by atoms with Crippen molar-refractivity contribution >= 4 is 52.0 Å². The summed E-state index contributed by atoms with van der Waals surface area (Å²) in [7, 11) is 1.60. The van der Waals surface area contributed by atoms with Gasteiger partial charge in [0, 0.05) is 33.4 Å². The number of aryl methyl sites for hydroxylation is 1. The summed E-state index contributed by atoms with van der Waals surface area (Å²) >= 11 is 12.1. The molecule has 1 aromatic heterocycles. The molecule has 0 radical (unpaired) electrons. The van der Waals surface area contributed by atoms with E-state index in [1.165, 1.54) is 6.08 Å². The molecule has 4 rings (SSSR count). The molecule has 0 saturated carbocycles. The Balaban J connectivity index is 1.56. The zero-order valence-electron chi connectivity index (χ0n) is 16.8. The molecular weight excluding hydrogens is 435 g/mol. The molecule has 0 saturated heterocycles. The van der Waals surface area contributed by atoms with Crippen LogP contribution < -0.4 is 10.1 Å². The number of nitrogens with zero attached hydrogens (tertiary/aromatic N) is 1. The third-order valence-electron chi connectivity index (χ3n) is 4.71. The largest absolute Gasteiger partial charge is 0.497 e. The summed E-state index contributed by atoms with van der Waals surface area (Å²) in [5, 5.41) is 3.90. The topological polar surface area (TPSA) is 64.4 Å². The van der Waals surface area contributed by atoms with Crippen molar-refractivity contribution in [3.8, 4) is 17.2 Å². The Morgan fingerprint density at radius 1 is 1.10 bits per heavy atom. The number of nitrogens with one attached hydrogen (secondary N) is 1. The van der Waals surface area contributed by atoms with Crippen molar-refractivity contribution < 1.29 is 13.9 Å². The number of hydrogen-bond donors (Lipinski definition) is 1. The van der Waals surface area contributed by atoms with Crippen LogP contribution in [0.4, 0.5) is 5.69 Å². The highest BCUT2D eigenvalue weighted by molar-refractivity contribution is 6.35. The van der Waals surface area contributed by atoms with Crippen molar-refractivity contribution in [2.24, 2.45) is 0 Å². The monoisotopic (exact) mass is 452 g/mol. The van der Waals surface area contributed by atoms with Gasteiger partial charge < -0.3 is 14.5 Å². The van der Waals surface area contributed by atoms with E-state index in [-0.39, 0.29) is 5.91 Å². The van der Waals surface area contributed by atoms with E-state index in [0.717, 1.165) is 11.1 Å². The molecule has 0 spiro atoms. The van der Waals surface area contributed by atoms with Crippen LogP contribution in [0.2, 0.25) is 10.0 Å². The van der Waals surface area contributed by atoms with Crippen LogP contribution in [0.5, 0.6) is 5.75 Å². The summed E-state index contributed by atoms with van der Waals surface area (Å²) in [4.78, 5) is 17.0. The minimum atomic E-state index is -0.284. The molecule has 1 N–H and O–H groups in total. The van der Waals surface area contributed by atoms with Crippen LogP contribution in [-0.4, -0.2) is 18.0 Å². The van der Waals surface area contributed by atoms with Gasteiger partial charge in [0.2, 0.25) is 11.8 Å². The van der Waals surface area contributed by atoms with E-state index in [9.17, 15) is 4.79 Å². The number of carbonyl (C=O) groups is 1. The first-order valence-corrected chi connectivity index (χ1v) is 10.2. The maximum absolute atomic E-state index is 12.5. The van der Waals surface area contributed by atoms with Gasteiger partial charge >= 0.3 is 0 Å². The number of oxazole rings is 1. The number of halogens is 2. The van der Waals surface area contributed by atoms with Crippen LogP contribution in [0.3, 0.4) is 0 Å². The van der Waals surface area contributed by atoms with Gasteiger partial charge in [0.15, 0.2) is 5.58 Å². The van der Waals surface area contributed by atoms with Gasteiger partial charge in [-0.3, -0.25) is 4.79 Å². The molecule has 0 atom stereocenters. The maximum atomic E-state index is 12.5. The lowest BCUT2D eigenvalue weighted by molar-refractivity contribution is -0.111. The number of ether oxygens (including phenoxy) is 1. The Bertz CT molecular complexity index is 1310. The van der Waals surface area contributed by atoms with Crippen LogP contribution in [0, 0.1) is 6.92 Å². The Morgan fingerprint density at radius 2 is 1.94 bits per heavy atom. The maximum Gasteiger partial charge on any atom is 0.248 e. The zero-order chi connectivity index (χ0) is 22.0. The number of fused-ring (bicyclic) bond motifs is 1. The summed E-state index contributed by atoms with van der Waals surface area (Å²) in [5.74, 6) is 0.882. The van der Waals surface area contributed by atoms with Crippen molar-refractivity contribution in [3.05, 3.63) is 81.8 Å². The van der Waals surface area contributed by atoms with Gasteiger partial charge in [0.1, 0.15) is 11.3 Å². The van der Waals surface area contributed by atoms with Crippen LogP contribution in [-0.2, 0) is 4.79 Å². The van der Waals surface area contributed by atoms with Crippen molar-refractivity contribution in [2.45, 2.75) is 6.92 Å². The average molecular weight is 453 g/mol. The van der Waals surface area contributed by atoms with Crippen LogP contribution in [0.15, 0.2) is 65.1 Å². The van der Waals surface area contributed by atoms with Gasteiger partial charge in [0.25, 0.3) is 0 Å². The summed E-state index contributed by atoms with van der Waals surface area (Å²) in [6.07, 6.45) is 3.06. The van der Waals surface area contributed by atoms with Gasteiger partial charge in [-0.05, 0) is 60.5 Å². The Morgan fingerprint density at radius 3 is 2.71 bits per heavy atom. The van der Waals surface area contributed by atoms with E-state index in [4.69, 9.17) is 32.4 Å². The zero-order valence-corrected chi connectivity index (χ0v) is 18.3. The average Bonchev–Trinajstić information content (AvgIpc) is 3.18. The molecule has 31 heavy (non-hydrogen) atoms. The smallest absolute Gasteiger partial charge is 0.248 e. The first-order chi connectivity index (χ1) is 14.9. The Hall–Kier alpha value is -3.28. The fourth-order valence-corrected chi connectivity index (χ4v) is 3.50. The van der Waals surface area contributed by atoms with Gasteiger partial charge in [-0.1, -0.05) is 35.3 Å². The van der Waals surface area contributed by atoms with Crippen molar-refractivity contribution in [2.75, 3.05) is 12.4 Å². The second kappa shape index (κ2) is 8.84. The van der Waals surface area contributed by atoms with Crippen LogP contribution in [0.1, 0.15) is 11.1 Å². The van der Waals surface area contributed by atoms with Crippen molar-refractivity contribution in [1.82, 2.24) is 4.98 Å². The summed E-state index contributed by atoms with van der Waals surface area (Å²) in [6.45, 7) is 1.91. The second-order valence-corrected chi connectivity index (χ2v) is 7.71. The molecule has 0 fully saturated rings. The van der Waals surface area contributed by atoms with E-state index in [0.29, 0.717) is 44.0 Å². The van der Waals surface area contributed by atoms with E-state index >= 15 is 0 Å². The van der Waals surface area contributed by atoms with Crippen LogP contribution >= 0.6 is 23.2 Å². The number of carbonyl (C=O) groups excluding carboxylic acids is 1. The highest BCUT2D eigenvalue weighted by Crippen LogP contribution is 2.29. The molecule has 0 unspecified atom stereocenters. The van der Waals surface area contributed by atoms with Crippen molar-refractivity contribution in [1.29, 1.82) is 0 Å². The lowest BCUT2D eigenvalue weighted by Crippen LogP contribution is -2.09. The molecular formula is C24H18Cl2N2O3. The van der Waals surface area contributed by atoms with E-state index in [2.05, 4.69) is 10.3 Å². The summed E-state index contributed by atoms with van der Waals surface area (Å²) in [6, 6.07) is 16.2. The number of anilines is 1. The molecule has 4 aromatic rings. The lowest BCUT2D eigenvalue weighted by Gasteiger charge is -2.08. The SMILES string of the molecule is COc1ccc2oc(-c3ccc(C)c(NC(=O)C=Cc4ccc(Cl)cc4Cl)c3)nc2c1. The van der Waals surface area contributed by atoms with Crippen molar-refractivity contribution in [3.63, 3.8) is 0 Å². The number of benzene rings is 3. The highest BCUT2D eigenvalue weighted by atomic mass is 35.5. The van der Waals surface area contributed by atoms with Gasteiger partial charge in [-0.2, -0.15) is 0 Å². The quantitative estimate of drug-likeness (QED) is 0.339. The molecule has 1 heterocycles. The van der Waals surface area contributed by atoms with Gasteiger partial charge in [-0.25, -0.2) is 4.98 Å². The minimum Gasteiger partial charge on any atom is -0.497 e. The Labute approximate surface area is 189 Å². The predicted molar refractivity (Wildman–Crippen MR) is 125 cm³/mol. The van der Waals surface area contributed by atoms with E-state index in [1.807, 2.05) is 43.3 Å². The second-order valence-electron chi connectivity index (χ2n) is 6.87. The fourth-order valence-electron chi connectivity index (χ4n) is 3.02.